The van der Waals surface area contributed by atoms with Crippen molar-refractivity contribution in [1.29, 1.82) is 0 Å². The summed E-state index contributed by atoms with van der Waals surface area (Å²) < 4.78 is 5.57. The zero-order chi connectivity index (χ0) is 11.9. The van der Waals surface area contributed by atoms with E-state index in [1.807, 2.05) is 23.9 Å². The van der Waals surface area contributed by atoms with Crippen molar-refractivity contribution < 1.29 is 4.74 Å². The molecule has 1 aromatic rings. The number of thioether (sulfide) groups is 1. The summed E-state index contributed by atoms with van der Waals surface area (Å²) in [5, 5.41) is 3.59. The Morgan fingerprint density at radius 2 is 2.18 bits per heavy atom. The molecule has 0 spiro atoms. The molecule has 1 aliphatic heterocycles. The monoisotopic (exact) mass is 251 g/mol. The minimum Gasteiger partial charge on any atom is -0.494 e. The van der Waals surface area contributed by atoms with E-state index in [1.165, 1.54) is 30.0 Å². The van der Waals surface area contributed by atoms with Gasteiger partial charge >= 0.3 is 0 Å². The van der Waals surface area contributed by atoms with E-state index in [1.54, 1.807) is 0 Å². The normalized spacial score (nSPS) is 19.9. The average molecular weight is 251 g/mol. The second kappa shape index (κ2) is 6.80. The number of ether oxygens (including phenoxy) is 1. The van der Waals surface area contributed by atoms with Gasteiger partial charge in [0.25, 0.3) is 0 Å². The SMILES string of the molecule is CCCOc1ccc(NC2CCCSC2)cc1. The van der Waals surface area contributed by atoms with Crippen molar-refractivity contribution >= 4 is 17.4 Å². The highest BCUT2D eigenvalue weighted by atomic mass is 32.2. The highest BCUT2D eigenvalue weighted by molar-refractivity contribution is 7.99. The van der Waals surface area contributed by atoms with Gasteiger partial charge in [-0.15, -0.1) is 0 Å². The largest absolute Gasteiger partial charge is 0.494 e. The molecule has 1 fully saturated rings. The van der Waals surface area contributed by atoms with Crippen LogP contribution in [0.2, 0.25) is 0 Å². The fourth-order valence-electron chi connectivity index (χ4n) is 1.96. The predicted molar refractivity (Wildman–Crippen MR) is 76.2 cm³/mol. The van der Waals surface area contributed by atoms with Gasteiger partial charge in [0, 0.05) is 17.5 Å². The first kappa shape index (κ1) is 12.6. The molecule has 1 unspecified atom stereocenters. The Balaban J connectivity index is 1.84. The van der Waals surface area contributed by atoms with Crippen LogP contribution in [0.25, 0.3) is 0 Å². The standard InChI is InChI=1S/C14H21NOS/c1-2-9-16-14-7-5-12(6-8-14)15-13-4-3-10-17-11-13/h5-8,13,15H,2-4,9-11H2,1H3. The number of anilines is 1. The van der Waals surface area contributed by atoms with Crippen LogP contribution in [0.1, 0.15) is 26.2 Å². The summed E-state index contributed by atoms with van der Waals surface area (Å²) >= 11 is 2.05. The molecule has 1 aliphatic rings. The third kappa shape index (κ3) is 4.15. The lowest BCUT2D eigenvalue weighted by Crippen LogP contribution is -2.25. The lowest BCUT2D eigenvalue weighted by molar-refractivity contribution is 0.317. The van der Waals surface area contributed by atoms with Crippen LogP contribution >= 0.6 is 11.8 Å². The molecule has 2 nitrogen and oxygen atoms in total. The molecule has 1 aromatic carbocycles. The summed E-state index contributed by atoms with van der Waals surface area (Å²) in [5.74, 6) is 3.52. The Bertz CT molecular complexity index is 319. The molecule has 3 heteroatoms. The van der Waals surface area contributed by atoms with Crippen LogP contribution in [0.15, 0.2) is 24.3 Å². The Morgan fingerprint density at radius 1 is 1.35 bits per heavy atom. The number of benzene rings is 1. The molecule has 94 valence electrons. The quantitative estimate of drug-likeness (QED) is 0.860. The first-order valence-corrected chi connectivity index (χ1v) is 7.61. The second-order valence-electron chi connectivity index (χ2n) is 4.43. The van der Waals surface area contributed by atoms with Crippen molar-refractivity contribution in [3.63, 3.8) is 0 Å². The van der Waals surface area contributed by atoms with E-state index in [2.05, 4.69) is 24.4 Å². The molecule has 17 heavy (non-hydrogen) atoms. The van der Waals surface area contributed by atoms with Crippen molar-refractivity contribution in [2.24, 2.45) is 0 Å². The van der Waals surface area contributed by atoms with Gasteiger partial charge in [0.1, 0.15) is 5.75 Å². The van der Waals surface area contributed by atoms with Gasteiger partial charge in [-0.3, -0.25) is 0 Å². The molecule has 0 aromatic heterocycles. The summed E-state index contributed by atoms with van der Waals surface area (Å²) in [7, 11) is 0. The number of rotatable bonds is 5. The van der Waals surface area contributed by atoms with E-state index < -0.39 is 0 Å². The summed E-state index contributed by atoms with van der Waals surface area (Å²) in [6.45, 7) is 2.92. The van der Waals surface area contributed by atoms with Crippen molar-refractivity contribution in [2.75, 3.05) is 23.4 Å². The smallest absolute Gasteiger partial charge is 0.119 e. The highest BCUT2D eigenvalue weighted by Gasteiger charge is 2.12. The minimum atomic E-state index is 0.635. The summed E-state index contributed by atoms with van der Waals surface area (Å²) in [6.07, 6.45) is 3.68. The molecule has 0 aliphatic carbocycles. The van der Waals surface area contributed by atoms with Crippen LogP contribution in [-0.4, -0.2) is 24.2 Å². The number of nitrogens with one attached hydrogen (secondary N) is 1. The van der Waals surface area contributed by atoms with Gasteiger partial charge in [-0.05, 0) is 49.3 Å². The maximum absolute atomic E-state index is 5.57. The van der Waals surface area contributed by atoms with Gasteiger partial charge in [-0.25, -0.2) is 0 Å². The lowest BCUT2D eigenvalue weighted by Gasteiger charge is -2.23. The van der Waals surface area contributed by atoms with Crippen molar-refractivity contribution in [1.82, 2.24) is 0 Å². The first-order chi connectivity index (χ1) is 8.38. The van der Waals surface area contributed by atoms with Crippen molar-refractivity contribution in [3.05, 3.63) is 24.3 Å². The molecule has 1 saturated heterocycles. The molecule has 0 amide bonds. The molecule has 0 saturated carbocycles. The Kier molecular flexibility index (Phi) is 5.05. The van der Waals surface area contributed by atoms with E-state index >= 15 is 0 Å². The Morgan fingerprint density at radius 3 is 2.82 bits per heavy atom. The lowest BCUT2D eigenvalue weighted by atomic mass is 10.1. The maximum atomic E-state index is 5.57. The van der Waals surface area contributed by atoms with Crippen LogP contribution in [0, 0.1) is 0 Å². The molecule has 0 radical (unpaired) electrons. The van der Waals surface area contributed by atoms with Crippen LogP contribution in [-0.2, 0) is 0 Å². The molecule has 1 N–H and O–H groups in total. The van der Waals surface area contributed by atoms with E-state index in [-0.39, 0.29) is 0 Å². The van der Waals surface area contributed by atoms with Gasteiger partial charge in [-0.1, -0.05) is 6.92 Å². The zero-order valence-corrected chi connectivity index (χ0v) is 11.3. The van der Waals surface area contributed by atoms with Crippen molar-refractivity contribution in [3.8, 4) is 5.75 Å². The number of hydrogen-bond acceptors (Lipinski definition) is 3. The maximum Gasteiger partial charge on any atom is 0.119 e. The fourth-order valence-corrected chi connectivity index (χ4v) is 3.03. The summed E-state index contributed by atoms with van der Waals surface area (Å²) in [5.41, 5.74) is 1.21. The van der Waals surface area contributed by atoms with E-state index in [0.29, 0.717) is 6.04 Å². The molecular weight excluding hydrogens is 230 g/mol. The molecule has 1 heterocycles. The van der Waals surface area contributed by atoms with Gasteiger partial charge in [0.2, 0.25) is 0 Å². The van der Waals surface area contributed by atoms with Gasteiger partial charge in [-0.2, -0.15) is 11.8 Å². The molecular formula is C14H21NOS. The van der Waals surface area contributed by atoms with Crippen LogP contribution in [0.4, 0.5) is 5.69 Å². The van der Waals surface area contributed by atoms with Gasteiger partial charge in [0.05, 0.1) is 6.61 Å². The predicted octanol–water partition coefficient (Wildman–Crippen LogP) is 3.78. The Hall–Kier alpha value is -0.830. The second-order valence-corrected chi connectivity index (χ2v) is 5.58. The molecule has 2 rings (SSSR count). The summed E-state index contributed by atoms with van der Waals surface area (Å²) in [6, 6.07) is 8.97. The first-order valence-electron chi connectivity index (χ1n) is 6.45. The van der Waals surface area contributed by atoms with E-state index in [9.17, 15) is 0 Å². The molecule has 0 bridgehead atoms. The summed E-state index contributed by atoms with van der Waals surface area (Å²) in [4.78, 5) is 0. The van der Waals surface area contributed by atoms with Crippen molar-refractivity contribution in [2.45, 2.75) is 32.2 Å². The average Bonchev–Trinajstić information content (AvgIpc) is 2.39. The number of hydrogen-bond donors (Lipinski definition) is 1. The van der Waals surface area contributed by atoms with Gasteiger partial charge in [0.15, 0.2) is 0 Å². The van der Waals surface area contributed by atoms with E-state index in [0.717, 1.165) is 18.8 Å². The fraction of sp³-hybridized carbons (Fsp3) is 0.571. The van der Waals surface area contributed by atoms with E-state index in [4.69, 9.17) is 4.74 Å². The topological polar surface area (TPSA) is 21.3 Å². The Labute approximate surface area is 108 Å². The van der Waals surface area contributed by atoms with Crippen LogP contribution < -0.4 is 10.1 Å². The van der Waals surface area contributed by atoms with Crippen LogP contribution in [0.3, 0.4) is 0 Å². The molecule has 1 atom stereocenters. The third-order valence-corrected chi connectivity index (χ3v) is 4.07. The highest BCUT2D eigenvalue weighted by Crippen LogP contribution is 2.22. The van der Waals surface area contributed by atoms with Crippen LogP contribution in [0.5, 0.6) is 5.75 Å². The third-order valence-electron chi connectivity index (χ3n) is 2.86. The zero-order valence-electron chi connectivity index (χ0n) is 10.4. The van der Waals surface area contributed by atoms with Gasteiger partial charge < -0.3 is 10.1 Å². The minimum absolute atomic E-state index is 0.635.